The summed E-state index contributed by atoms with van der Waals surface area (Å²) < 4.78 is 6.14. The van der Waals surface area contributed by atoms with E-state index >= 15 is 0 Å². The molecule has 2 heterocycles. The lowest BCUT2D eigenvalue weighted by molar-refractivity contribution is -0.138. The number of hydrogen-bond donors (Lipinski definition) is 1. The van der Waals surface area contributed by atoms with Crippen LogP contribution in [0.5, 0.6) is 5.75 Å². The van der Waals surface area contributed by atoms with Gasteiger partial charge in [-0.1, -0.05) is 66.2 Å². The SMILES string of the molecule is C=C/C=C(\C=C/N)CN1CCC(C(=O)N2CCN(Cc3ccccc3OCc3c(Cl)cccc3Cl)CC2)CC1. The summed E-state index contributed by atoms with van der Waals surface area (Å²) in [6.07, 6.45) is 9.04. The number of halogens is 2. The predicted octanol–water partition coefficient (Wildman–Crippen LogP) is 5.51. The highest BCUT2D eigenvalue weighted by Gasteiger charge is 2.30. The van der Waals surface area contributed by atoms with E-state index in [1.165, 1.54) is 0 Å². The number of piperazine rings is 1. The first-order valence-electron chi connectivity index (χ1n) is 13.6. The zero-order valence-corrected chi connectivity index (χ0v) is 23.9. The van der Waals surface area contributed by atoms with E-state index in [1.54, 1.807) is 12.3 Å². The number of ether oxygens (including phenoxy) is 1. The summed E-state index contributed by atoms with van der Waals surface area (Å²) in [5.41, 5.74) is 8.60. The van der Waals surface area contributed by atoms with Crippen LogP contribution in [-0.4, -0.2) is 66.4 Å². The Hall–Kier alpha value is -2.77. The molecule has 2 aromatic rings. The minimum Gasteiger partial charge on any atom is -0.488 e. The van der Waals surface area contributed by atoms with Gasteiger partial charge in [0, 0.05) is 66.4 Å². The Kier molecular flexibility index (Phi) is 10.9. The molecule has 2 aliphatic heterocycles. The lowest BCUT2D eigenvalue weighted by atomic mass is 9.94. The number of piperidine rings is 1. The van der Waals surface area contributed by atoms with Crippen LogP contribution in [0.1, 0.15) is 24.0 Å². The lowest BCUT2D eigenvalue weighted by Crippen LogP contribution is -2.51. The average molecular weight is 570 g/mol. The molecular formula is C31H38Cl2N4O2. The van der Waals surface area contributed by atoms with E-state index < -0.39 is 0 Å². The minimum atomic E-state index is 0.107. The molecular weight excluding hydrogens is 531 g/mol. The zero-order valence-electron chi connectivity index (χ0n) is 22.4. The Morgan fingerprint density at radius 2 is 1.67 bits per heavy atom. The highest BCUT2D eigenvalue weighted by Crippen LogP contribution is 2.28. The Bertz CT molecular complexity index is 1160. The van der Waals surface area contributed by atoms with Crippen molar-refractivity contribution in [2.75, 3.05) is 45.8 Å². The van der Waals surface area contributed by atoms with E-state index in [9.17, 15) is 4.79 Å². The van der Waals surface area contributed by atoms with Gasteiger partial charge in [0.2, 0.25) is 5.91 Å². The standard InChI is InChI=1S/C31H38Cl2N4O2/c1-2-6-24(11-14-34)21-35-15-12-25(13-16-35)31(38)37-19-17-36(18-20-37)22-26-7-3-4-10-30(26)39-23-27-28(32)8-5-9-29(27)33/h2-11,14,25H,1,12-13,15-23,34H2/b14-11-,24-6+. The number of hydrogen-bond acceptors (Lipinski definition) is 5. The van der Waals surface area contributed by atoms with E-state index in [2.05, 4.69) is 27.3 Å². The van der Waals surface area contributed by atoms with Gasteiger partial charge in [0.05, 0.1) is 0 Å². The fourth-order valence-corrected chi connectivity index (χ4v) is 5.76. The minimum absolute atomic E-state index is 0.107. The van der Waals surface area contributed by atoms with Crippen molar-refractivity contribution < 1.29 is 9.53 Å². The topological polar surface area (TPSA) is 62.0 Å². The summed E-state index contributed by atoms with van der Waals surface area (Å²) in [6, 6.07) is 13.5. The van der Waals surface area contributed by atoms with E-state index in [0.717, 1.165) is 87.6 Å². The van der Waals surface area contributed by atoms with Gasteiger partial charge < -0.3 is 15.4 Å². The fraction of sp³-hybridized carbons (Fsp3) is 0.387. The first kappa shape index (κ1) is 29.2. The van der Waals surface area contributed by atoms with Crippen molar-refractivity contribution in [1.82, 2.24) is 14.7 Å². The maximum absolute atomic E-state index is 13.3. The van der Waals surface area contributed by atoms with Crippen molar-refractivity contribution in [1.29, 1.82) is 0 Å². The van der Waals surface area contributed by atoms with Crippen LogP contribution in [0.4, 0.5) is 0 Å². The van der Waals surface area contributed by atoms with Gasteiger partial charge in [-0.3, -0.25) is 14.6 Å². The number of allylic oxidation sites excluding steroid dienone is 2. The second-order valence-corrected chi connectivity index (χ2v) is 10.9. The van der Waals surface area contributed by atoms with Crippen molar-refractivity contribution in [2.45, 2.75) is 26.0 Å². The number of rotatable bonds is 10. The van der Waals surface area contributed by atoms with Crippen molar-refractivity contribution in [3.63, 3.8) is 0 Å². The first-order valence-corrected chi connectivity index (χ1v) is 14.3. The second kappa shape index (κ2) is 14.6. The van der Waals surface area contributed by atoms with Crippen LogP contribution < -0.4 is 10.5 Å². The quantitative estimate of drug-likeness (QED) is 0.383. The molecule has 0 unspecified atom stereocenters. The van der Waals surface area contributed by atoms with Crippen LogP contribution >= 0.6 is 23.2 Å². The van der Waals surface area contributed by atoms with Gasteiger partial charge in [0.15, 0.2) is 0 Å². The van der Waals surface area contributed by atoms with E-state index in [4.69, 9.17) is 33.7 Å². The molecule has 8 heteroatoms. The van der Waals surface area contributed by atoms with Crippen LogP contribution in [0, 0.1) is 5.92 Å². The number of likely N-dealkylation sites (tertiary alicyclic amines) is 1. The number of nitrogens with two attached hydrogens (primary N) is 1. The fourth-order valence-electron chi connectivity index (χ4n) is 5.25. The summed E-state index contributed by atoms with van der Waals surface area (Å²) in [5, 5.41) is 1.20. The second-order valence-electron chi connectivity index (χ2n) is 10.1. The Morgan fingerprint density at radius 3 is 2.33 bits per heavy atom. The normalized spacial score (nSPS) is 18.0. The average Bonchev–Trinajstić information content (AvgIpc) is 2.94. The molecule has 0 spiro atoms. The predicted molar refractivity (Wildman–Crippen MR) is 160 cm³/mol. The molecule has 2 fully saturated rings. The van der Waals surface area contributed by atoms with Gasteiger partial charge >= 0.3 is 0 Å². The van der Waals surface area contributed by atoms with Gasteiger partial charge in [-0.15, -0.1) is 0 Å². The monoisotopic (exact) mass is 568 g/mol. The third-order valence-corrected chi connectivity index (χ3v) is 8.18. The number of benzene rings is 2. The van der Waals surface area contributed by atoms with Crippen molar-refractivity contribution in [3.8, 4) is 5.75 Å². The van der Waals surface area contributed by atoms with Gasteiger partial charge in [0.25, 0.3) is 0 Å². The van der Waals surface area contributed by atoms with Gasteiger partial charge in [-0.05, 0) is 62.0 Å². The Labute approximate surface area is 242 Å². The van der Waals surface area contributed by atoms with Gasteiger partial charge in [-0.2, -0.15) is 0 Å². The molecule has 208 valence electrons. The molecule has 2 aliphatic rings. The third-order valence-electron chi connectivity index (χ3n) is 7.47. The van der Waals surface area contributed by atoms with E-state index in [0.29, 0.717) is 22.6 Å². The molecule has 0 aromatic heterocycles. The molecule has 6 nitrogen and oxygen atoms in total. The number of carbonyl (C=O) groups is 1. The van der Waals surface area contributed by atoms with Crippen LogP contribution in [0.15, 0.2) is 79.0 Å². The molecule has 0 atom stereocenters. The smallest absolute Gasteiger partial charge is 0.225 e. The summed E-state index contributed by atoms with van der Waals surface area (Å²) >= 11 is 12.6. The summed E-state index contributed by atoms with van der Waals surface area (Å²) in [4.78, 5) is 20.1. The maximum Gasteiger partial charge on any atom is 0.225 e. The van der Waals surface area contributed by atoms with Crippen LogP contribution in [0.25, 0.3) is 0 Å². The van der Waals surface area contributed by atoms with Gasteiger partial charge in [0.1, 0.15) is 12.4 Å². The molecule has 0 saturated carbocycles. The molecule has 0 aliphatic carbocycles. The summed E-state index contributed by atoms with van der Waals surface area (Å²) in [5.74, 6) is 1.24. The van der Waals surface area contributed by atoms with Crippen LogP contribution in [0.3, 0.4) is 0 Å². The summed E-state index contributed by atoms with van der Waals surface area (Å²) in [7, 11) is 0. The molecule has 0 radical (unpaired) electrons. The largest absolute Gasteiger partial charge is 0.488 e. The molecule has 2 saturated heterocycles. The van der Waals surface area contributed by atoms with E-state index in [1.807, 2.05) is 48.6 Å². The van der Waals surface area contributed by atoms with Crippen LogP contribution in [-0.2, 0) is 17.9 Å². The molecule has 2 N–H and O–H groups in total. The molecule has 1 amide bonds. The highest BCUT2D eigenvalue weighted by molar-refractivity contribution is 6.35. The van der Waals surface area contributed by atoms with Crippen molar-refractivity contribution in [2.24, 2.45) is 11.7 Å². The maximum atomic E-state index is 13.3. The van der Waals surface area contributed by atoms with Crippen molar-refractivity contribution >= 4 is 29.1 Å². The van der Waals surface area contributed by atoms with Crippen molar-refractivity contribution in [3.05, 3.63) is 100 Å². The highest BCUT2D eigenvalue weighted by atomic mass is 35.5. The Morgan fingerprint density at radius 1 is 0.974 bits per heavy atom. The van der Waals surface area contributed by atoms with Crippen LogP contribution in [0.2, 0.25) is 10.0 Å². The van der Waals surface area contributed by atoms with Gasteiger partial charge in [-0.25, -0.2) is 0 Å². The molecule has 2 aromatic carbocycles. The number of nitrogens with zero attached hydrogens (tertiary/aromatic N) is 3. The molecule has 4 rings (SSSR count). The molecule has 0 bridgehead atoms. The first-order chi connectivity index (χ1) is 19.0. The number of para-hydroxylation sites is 1. The lowest BCUT2D eigenvalue weighted by Gasteiger charge is -2.38. The Balaban J connectivity index is 1.25. The summed E-state index contributed by atoms with van der Waals surface area (Å²) in [6.45, 7) is 10.7. The molecule has 39 heavy (non-hydrogen) atoms. The number of carbonyl (C=O) groups excluding carboxylic acids is 1. The van der Waals surface area contributed by atoms with E-state index in [-0.39, 0.29) is 5.92 Å². The third kappa shape index (κ3) is 8.12. The number of amides is 1. The zero-order chi connectivity index (χ0) is 27.6.